The molecule has 168 valence electrons. The van der Waals surface area contributed by atoms with Crippen LogP contribution < -0.4 is 10.7 Å². The van der Waals surface area contributed by atoms with Crippen LogP contribution in [0.5, 0.6) is 0 Å². The molecule has 0 saturated carbocycles. The summed E-state index contributed by atoms with van der Waals surface area (Å²) in [5.74, 6) is -0.101. The van der Waals surface area contributed by atoms with Crippen LogP contribution in [-0.4, -0.2) is 39.7 Å². The first-order chi connectivity index (χ1) is 15.3. The van der Waals surface area contributed by atoms with Gasteiger partial charge >= 0.3 is 6.18 Å². The summed E-state index contributed by atoms with van der Waals surface area (Å²) in [7, 11) is 0. The minimum atomic E-state index is -4.33. The lowest BCUT2D eigenvalue weighted by molar-refractivity contribution is -0.137. The number of amides is 1. The predicted octanol–water partition coefficient (Wildman–Crippen LogP) is 3.20. The van der Waals surface area contributed by atoms with Crippen LogP contribution in [0.4, 0.5) is 13.2 Å². The number of nitrogens with one attached hydrogen (secondary N) is 1. The Balaban J connectivity index is 1.27. The van der Waals surface area contributed by atoms with Crippen molar-refractivity contribution in [1.82, 2.24) is 20.0 Å². The summed E-state index contributed by atoms with van der Waals surface area (Å²) >= 11 is 0. The van der Waals surface area contributed by atoms with Crippen molar-refractivity contribution in [2.75, 3.05) is 13.1 Å². The Morgan fingerprint density at radius 1 is 1.12 bits per heavy atom. The van der Waals surface area contributed by atoms with E-state index in [-0.39, 0.29) is 23.8 Å². The molecule has 2 heterocycles. The third-order valence-corrected chi connectivity index (χ3v) is 5.64. The Hall–Kier alpha value is -3.20. The van der Waals surface area contributed by atoms with E-state index < -0.39 is 11.7 Å². The van der Waals surface area contributed by atoms with Crippen LogP contribution in [0.3, 0.4) is 0 Å². The molecule has 1 amide bonds. The molecule has 0 bridgehead atoms. The number of aryl methyl sites for hydroxylation is 1. The number of fused-ring (bicyclic) bond motifs is 1. The summed E-state index contributed by atoms with van der Waals surface area (Å²) in [6.07, 6.45) is -2.06. The van der Waals surface area contributed by atoms with Gasteiger partial charge in [0, 0.05) is 37.5 Å². The van der Waals surface area contributed by atoms with Crippen LogP contribution in [0.1, 0.15) is 24.0 Å². The maximum Gasteiger partial charge on any atom is 0.416 e. The van der Waals surface area contributed by atoms with Crippen LogP contribution in [0.25, 0.3) is 10.9 Å². The number of benzene rings is 2. The summed E-state index contributed by atoms with van der Waals surface area (Å²) in [4.78, 5) is 26.5. The van der Waals surface area contributed by atoms with E-state index in [4.69, 9.17) is 0 Å². The van der Waals surface area contributed by atoms with Crippen molar-refractivity contribution < 1.29 is 18.0 Å². The number of hydrogen-bond acceptors (Lipinski definition) is 4. The zero-order valence-electron chi connectivity index (χ0n) is 17.3. The second kappa shape index (κ2) is 9.12. The predicted molar refractivity (Wildman–Crippen MR) is 114 cm³/mol. The maximum atomic E-state index is 12.7. The van der Waals surface area contributed by atoms with Gasteiger partial charge in [0.15, 0.2) is 0 Å². The molecule has 4 rings (SSSR count). The number of rotatable bonds is 6. The highest BCUT2D eigenvalue weighted by atomic mass is 19.4. The van der Waals surface area contributed by atoms with Gasteiger partial charge in [0.2, 0.25) is 11.3 Å². The van der Waals surface area contributed by atoms with Gasteiger partial charge in [-0.05, 0) is 36.2 Å². The molecule has 9 heteroatoms. The van der Waals surface area contributed by atoms with Crippen LogP contribution >= 0.6 is 0 Å². The number of halogens is 3. The van der Waals surface area contributed by atoms with Gasteiger partial charge in [-0.25, -0.2) is 0 Å². The smallest absolute Gasteiger partial charge is 0.352 e. The van der Waals surface area contributed by atoms with Gasteiger partial charge in [0.25, 0.3) is 0 Å². The minimum absolute atomic E-state index is 0.00401. The second-order valence-corrected chi connectivity index (χ2v) is 7.98. The van der Waals surface area contributed by atoms with Gasteiger partial charge < -0.3 is 5.32 Å². The van der Waals surface area contributed by atoms with E-state index in [1.54, 1.807) is 22.9 Å². The second-order valence-electron chi connectivity index (χ2n) is 7.98. The summed E-state index contributed by atoms with van der Waals surface area (Å²) in [5, 5.41) is 7.72. The molecule has 1 atom stereocenters. The highest BCUT2D eigenvalue weighted by Crippen LogP contribution is 2.29. The van der Waals surface area contributed by atoms with Gasteiger partial charge in [0.05, 0.1) is 23.8 Å². The molecule has 6 nitrogen and oxygen atoms in total. The molecule has 1 aromatic heterocycles. The third-order valence-electron chi connectivity index (χ3n) is 5.64. The van der Waals surface area contributed by atoms with Crippen LogP contribution in [0.2, 0.25) is 0 Å². The Morgan fingerprint density at radius 2 is 1.88 bits per heavy atom. The Morgan fingerprint density at radius 3 is 2.62 bits per heavy atom. The van der Waals surface area contributed by atoms with Gasteiger partial charge in [0.1, 0.15) is 0 Å². The molecule has 1 N–H and O–H groups in total. The molecule has 1 unspecified atom stereocenters. The lowest BCUT2D eigenvalue weighted by atomic mass is 10.1. The van der Waals surface area contributed by atoms with Gasteiger partial charge in [-0.2, -0.15) is 18.3 Å². The van der Waals surface area contributed by atoms with Gasteiger partial charge in [-0.3, -0.25) is 19.2 Å². The summed E-state index contributed by atoms with van der Waals surface area (Å²) in [5.41, 5.74) is 0.691. The number of aromatic nitrogens is 2. The molecular formula is C23H23F3N4O2. The van der Waals surface area contributed by atoms with Crippen molar-refractivity contribution in [3.63, 3.8) is 0 Å². The zero-order chi connectivity index (χ0) is 22.7. The molecule has 0 radical (unpaired) electrons. The molecule has 1 aliphatic heterocycles. The zero-order valence-corrected chi connectivity index (χ0v) is 17.3. The fourth-order valence-electron chi connectivity index (χ4n) is 4.00. The molecular weight excluding hydrogens is 421 g/mol. The summed E-state index contributed by atoms with van der Waals surface area (Å²) in [6.45, 7) is 2.30. The quantitative estimate of drug-likeness (QED) is 0.634. The molecule has 0 spiro atoms. The fraction of sp³-hybridized carbons (Fsp3) is 0.348. The van der Waals surface area contributed by atoms with Crippen molar-refractivity contribution in [2.45, 2.75) is 38.1 Å². The number of likely N-dealkylation sites (tertiary alicyclic amines) is 1. The van der Waals surface area contributed by atoms with Gasteiger partial charge in [-0.15, -0.1) is 0 Å². The average molecular weight is 444 g/mol. The Bertz CT molecular complexity index is 1160. The van der Waals surface area contributed by atoms with E-state index in [9.17, 15) is 22.8 Å². The SMILES string of the molecule is O=C(CCn1ncc(=O)c2ccccc21)NC1CCN(Cc2ccc(C(F)(F)F)cc2)C1. The van der Waals surface area contributed by atoms with E-state index in [0.717, 1.165) is 30.7 Å². The lowest BCUT2D eigenvalue weighted by Gasteiger charge is -2.17. The third kappa shape index (κ3) is 5.16. The van der Waals surface area contributed by atoms with Crippen LogP contribution in [-0.2, 0) is 24.1 Å². The average Bonchev–Trinajstić information content (AvgIpc) is 3.20. The Labute approximate surface area is 182 Å². The first-order valence-corrected chi connectivity index (χ1v) is 10.4. The first kappa shape index (κ1) is 22.0. The van der Waals surface area contributed by atoms with E-state index in [0.29, 0.717) is 30.5 Å². The topological polar surface area (TPSA) is 67.2 Å². The van der Waals surface area contributed by atoms with Crippen molar-refractivity contribution >= 4 is 16.8 Å². The number of alkyl halides is 3. The lowest BCUT2D eigenvalue weighted by Crippen LogP contribution is -2.37. The van der Waals surface area contributed by atoms with Crippen molar-refractivity contribution in [3.05, 3.63) is 76.1 Å². The fourth-order valence-corrected chi connectivity index (χ4v) is 4.00. The Kier molecular flexibility index (Phi) is 6.27. The number of carbonyl (C=O) groups is 1. The van der Waals surface area contributed by atoms with Crippen molar-refractivity contribution in [3.8, 4) is 0 Å². The summed E-state index contributed by atoms with van der Waals surface area (Å²) < 4.78 is 39.7. The molecule has 32 heavy (non-hydrogen) atoms. The van der Waals surface area contributed by atoms with Crippen LogP contribution in [0, 0.1) is 0 Å². The van der Waals surface area contributed by atoms with Crippen LogP contribution in [0.15, 0.2) is 59.5 Å². The van der Waals surface area contributed by atoms with E-state index >= 15 is 0 Å². The first-order valence-electron chi connectivity index (χ1n) is 10.4. The van der Waals surface area contributed by atoms with Crippen molar-refractivity contribution in [2.24, 2.45) is 0 Å². The maximum absolute atomic E-state index is 12.7. The van der Waals surface area contributed by atoms with E-state index in [2.05, 4.69) is 15.3 Å². The number of para-hydroxylation sites is 1. The molecule has 2 aromatic carbocycles. The summed E-state index contributed by atoms with van der Waals surface area (Å²) in [6, 6.07) is 12.3. The van der Waals surface area contributed by atoms with Crippen molar-refractivity contribution in [1.29, 1.82) is 0 Å². The highest BCUT2D eigenvalue weighted by Gasteiger charge is 2.30. The molecule has 0 aliphatic carbocycles. The van der Waals surface area contributed by atoms with Gasteiger partial charge in [-0.1, -0.05) is 24.3 Å². The molecule has 1 fully saturated rings. The van der Waals surface area contributed by atoms with E-state index in [1.807, 2.05) is 6.07 Å². The normalized spacial score (nSPS) is 17.0. The number of nitrogens with zero attached hydrogens (tertiary/aromatic N) is 3. The minimum Gasteiger partial charge on any atom is -0.352 e. The molecule has 1 aliphatic rings. The monoisotopic (exact) mass is 444 g/mol. The standard InChI is InChI=1S/C23H23F3N4O2/c24-23(25,26)17-7-5-16(6-8-17)14-29-11-9-18(15-29)28-22(32)10-12-30-20-4-2-1-3-19(20)21(31)13-27-30/h1-8,13,18H,9-12,14-15H2,(H,28,32). The largest absolute Gasteiger partial charge is 0.416 e. The molecule has 1 saturated heterocycles. The number of hydrogen-bond donors (Lipinski definition) is 1. The van der Waals surface area contributed by atoms with E-state index in [1.165, 1.54) is 18.3 Å². The highest BCUT2D eigenvalue weighted by molar-refractivity contribution is 5.79. The number of carbonyl (C=O) groups excluding carboxylic acids is 1. The molecule has 3 aromatic rings.